The van der Waals surface area contributed by atoms with E-state index in [0.717, 1.165) is 43.4 Å². The second-order valence-electron chi connectivity index (χ2n) is 9.20. The summed E-state index contributed by atoms with van der Waals surface area (Å²) < 4.78 is 1.91. The predicted molar refractivity (Wildman–Crippen MR) is 112 cm³/mol. The average Bonchev–Trinajstić information content (AvgIpc) is 3.11. The molecule has 1 aromatic carbocycles. The number of aliphatic hydroxyl groups is 1. The lowest BCUT2D eigenvalue weighted by molar-refractivity contribution is 0.0791. The van der Waals surface area contributed by atoms with Gasteiger partial charge in [-0.05, 0) is 51.8 Å². The predicted octanol–water partition coefficient (Wildman–Crippen LogP) is 3.08. The normalized spacial score (nSPS) is 16.8. The summed E-state index contributed by atoms with van der Waals surface area (Å²) >= 11 is 0. The smallest absolute Gasteiger partial charge is 0.253 e. The Morgan fingerprint density at radius 3 is 2.68 bits per heavy atom. The zero-order valence-electron chi connectivity index (χ0n) is 17.6. The molecule has 0 spiro atoms. The summed E-state index contributed by atoms with van der Waals surface area (Å²) in [5.74, 6) is 0.466. The average molecular weight is 387 g/mol. The van der Waals surface area contributed by atoms with E-state index in [0.29, 0.717) is 18.0 Å². The van der Waals surface area contributed by atoms with E-state index in [2.05, 4.69) is 43.0 Å². The lowest BCUT2D eigenvalue weighted by atomic mass is 9.91. The Morgan fingerprint density at radius 2 is 2.04 bits per heavy atom. The fourth-order valence-electron chi connectivity index (χ4n) is 3.85. The summed E-state index contributed by atoms with van der Waals surface area (Å²) in [4.78, 5) is 15.2. The van der Waals surface area contributed by atoms with E-state index in [4.69, 9.17) is 0 Å². The number of benzene rings is 1. The molecule has 1 fully saturated rings. The number of fused-ring (bicyclic) bond motifs is 1. The van der Waals surface area contributed by atoms with Crippen LogP contribution in [0, 0.1) is 11.3 Å². The highest BCUT2D eigenvalue weighted by Gasteiger charge is 2.25. The molecule has 0 unspecified atom stereocenters. The number of nitrogens with zero attached hydrogens (tertiary/aromatic N) is 3. The summed E-state index contributed by atoms with van der Waals surface area (Å²) in [6, 6.07) is 6.05. The highest BCUT2D eigenvalue weighted by molar-refractivity contribution is 6.05. The highest BCUT2D eigenvalue weighted by atomic mass is 16.3. The first-order valence-corrected chi connectivity index (χ1v) is 10.4. The van der Waals surface area contributed by atoms with Crippen LogP contribution in [0.25, 0.3) is 10.9 Å². The molecular weight excluding hydrogens is 352 g/mol. The molecule has 154 valence electrons. The Morgan fingerprint density at radius 1 is 1.32 bits per heavy atom. The molecule has 0 saturated carbocycles. The number of piperidine rings is 1. The molecule has 0 radical (unpaired) electrons. The van der Waals surface area contributed by atoms with Crippen molar-refractivity contribution < 1.29 is 9.90 Å². The van der Waals surface area contributed by atoms with Gasteiger partial charge in [-0.25, -0.2) is 0 Å². The van der Waals surface area contributed by atoms with Crippen molar-refractivity contribution in [1.29, 1.82) is 0 Å². The van der Waals surface area contributed by atoms with Crippen LogP contribution in [0.5, 0.6) is 0 Å². The van der Waals surface area contributed by atoms with Crippen LogP contribution in [-0.4, -0.2) is 58.5 Å². The number of likely N-dealkylation sites (tertiary alicyclic amines) is 1. The van der Waals surface area contributed by atoms with Gasteiger partial charge in [-0.2, -0.15) is 5.10 Å². The van der Waals surface area contributed by atoms with Crippen molar-refractivity contribution in [2.45, 2.75) is 46.6 Å². The molecule has 2 heterocycles. The van der Waals surface area contributed by atoms with Crippen molar-refractivity contribution in [3.8, 4) is 0 Å². The highest BCUT2D eigenvalue weighted by Crippen LogP contribution is 2.23. The van der Waals surface area contributed by atoms with Gasteiger partial charge in [0.05, 0.1) is 5.56 Å². The Hall–Kier alpha value is -1.92. The molecule has 6 nitrogen and oxygen atoms in total. The Bertz CT molecular complexity index is 804. The molecule has 0 bridgehead atoms. The van der Waals surface area contributed by atoms with Crippen LogP contribution in [0.3, 0.4) is 0 Å². The summed E-state index contributed by atoms with van der Waals surface area (Å²) in [5, 5.41) is 18.2. The van der Waals surface area contributed by atoms with E-state index >= 15 is 0 Å². The van der Waals surface area contributed by atoms with Crippen LogP contribution in [0.2, 0.25) is 0 Å². The molecule has 6 heteroatoms. The van der Waals surface area contributed by atoms with Crippen molar-refractivity contribution in [3.05, 3.63) is 30.0 Å². The number of hydrogen-bond acceptors (Lipinski definition) is 4. The fraction of sp³-hybridized carbons (Fsp3) is 0.636. The lowest BCUT2D eigenvalue weighted by Crippen LogP contribution is -2.43. The zero-order valence-corrected chi connectivity index (χ0v) is 17.6. The molecule has 28 heavy (non-hydrogen) atoms. The van der Waals surface area contributed by atoms with Crippen molar-refractivity contribution in [3.63, 3.8) is 0 Å². The summed E-state index contributed by atoms with van der Waals surface area (Å²) in [5.41, 5.74) is 1.37. The molecular formula is C22H34N4O2. The summed E-state index contributed by atoms with van der Waals surface area (Å²) in [6.07, 6.45) is 4.16. The molecule has 2 N–H and O–H groups in total. The number of amides is 1. The molecule has 0 aliphatic carbocycles. The monoisotopic (exact) mass is 386 g/mol. The quantitative estimate of drug-likeness (QED) is 0.767. The SMILES string of the molecule is CC(C)n1cc2cccc(C(=O)NCC3CCN(CC(C)(C)CO)CC3)c2n1. The van der Waals surface area contributed by atoms with Gasteiger partial charge in [0.1, 0.15) is 5.52 Å². The van der Waals surface area contributed by atoms with Gasteiger partial charge in [0.15, 0.2) is 0 Å². The number of carbonyl (C=O) groups is 1. The second-order valence-corrected chi connectivity index (χ2v) is 9.20. The van der Waals surface area contributed by atoms with Gasteiger partial charge in [-0.3, -0.25) is 9.48 Å². The number of carbonyl (C=O) groups excluding carboxylic acids is 1. The molecule has 1 amide bonds. The van der Waals surface area contributed by atoms with Crippen molar-refractivity contribution in [2.75, 3.05) is 32.8 Å². The molecule has 0 atom stereocenters. The number of nitrogens with one attached hydrogen (secondary N) is 1. The van der Waals surface area contributed by atoms with Gasteiger partial charge in [-0.1, -0.05) is 26.0 Å². The lowest BCUT2D eigenvalue weighted by Gasteiger charge is -2.36. The van der Waals surface area contributed by atoms with Gasteiger partial charge < -0.3 is 15.3 Å². The molecule has 1 saturated heterocycles. The maximum Gasteiger partial charge on any atom is 0.253 e. The van der Waals surface area contributed by atoms with Gasteiger partial charge in [0.25, 0.3) is 5.91 Å². The van der Waals surface area contributed by atoms with Crippen LogP contribution in [0.4, 0.5) is 0 Å². The van der Waals surface area contributed by atoms with Crippen molar-refractivity contribution >= 4 is 16.8 Å². The Kier molecular flexibility index (Phi) is 6.40. The second kappa shape index (κ2) is 8.62. The van der Waals surface area contributed by atoms with Crippen molar-refractivity contribution in [1.82, 2.24) is 20.0 Å². The first-order valence-electron chi connectivity index (χ1n) is 10.4. The molecule has 2 aromatic rings. The van der Waals surface area contributed by atoms with E-state index in [1.54, 1.807) is 0 Å². The Balaban J connectivity index is 1.55. The number of aromatic nitrogens is 2. The molecule has 3 rings (SSSR count). The first-order chi connectivity index (χ1) is 13.3. The van der Waals surface area contributed by atoms with E-state index in [-0.39, 0.29) is 24.0 Å². The van der Waals surface area contributed by atoms with Crippen LogP contribution in [0.1, 0.15) is 56.9 Å². The minimum absolute atomic E-state index is 0.0385. The van der Waals surface area contributed by atoms with E-state index in [1.165, 1.54) is 0 Å². The van der Waals surface area contributed by atoms with Crippen LogP contribution in [-0.2, 0) is 0 Å². The summed E-state index contributed by atoms with van der Waals surface area (Å²) in [7, 11) is 0. The standard InChI is InChI=1S/C22H34N4O2/c1-16(2)26-13-18-6-5-7-19(20(18)24-26)21(28)23-12-17-8-10-25(11-9-17)14-22(3,4)15-27/h5-7,13,16-17,27H,8-12,14-15H2,1-4H3,(H,23,28). The first kappa shape index (κ1) is 20.8. The van der Waals surface area contributed by atoms with Gasteiger partial charge in [0.2, 0.25) is 0 Å². The van der Waals surface area contributed by atoms with Crippen LogP contribution >= 0.6 is 0 Å². The number of hydrogen-bond donors (Lipinski definition) is 2. The third-order valence-corrected chi connectivity index (χ3v) is 5.67. The maximum atomic E-state index is 12.8. The van der Waals surface area contributed by atoms with E-state index in [1.807, 2.05) is 29.1 Å². The maximum absolute atomic E-state index is 12.8. The third kappa shape index (κ3) is 4.92. The number of rotatable bonds is 7. The largest absolute Gasteiger partial charge is 0.396 e. The third-order valence-electron chi connectivity index (χ3n) is 5.67. The molecule has 1 aliphatic heterocycles. The topological polar surface area (TPSA) is 70.4 Å². The van der Waals surface area contributed by atoms with Gasteiger partial charge >= 0.3 is 0 Å². The van der Waals surface area contributed by atoms with Crippen LogP contribution in [0.15, 0.2) is 24.4 Å². The molecule has 1 aliphatic rings. The summed E-state index contributed by atoms with van der Waals surface area (Å²) in [6.45, 7) is 12.2. The van der Waals surface area contributed by atoms with Gasteiger partial charge in [-0.15, -0.1) is 0 Å². The Labute approximate surface area is 167 Å². The molecule has 1 aromatic heterocycles. The minimum atomic E-state index is -0.0564. The van der Waals surface area contributed by atoms with Crippen LogP contribution < -0.4 is 5.32 Å². The fourth-order valence-corrected chi connectivity index (χ4v) is 3.85. The zero-order chi connectivity index (χ0) is 20.3. The van der Waals surface area contributed by atoms with Crippen molar-refractivity contribution in [2.24, 2.45) is 11.3 Å². The van der Waals surface area contributed by atoms with Gasteiger partial charge in [0, 0.05) is 42.7 Å². The van der Waals surface area contributed by atoms with E-state index < -0.39 is 0 Å². The van der Waals surface area contributed by atoms with E-state index in [9.17, 15) is 9.90 Å². The number of aliphatic hydroxyl groups excluding tert-OH is 1. The minimum Gasteiger partial charge on any atom is -0.396 e.